The molecule has 0 aliphatic rings. The zero-order chi connectivity index (χ0) is 15.1. The van der Waals surface area contributed by atoms with Crippen LogP contribution in [0.3, 0.4) is 0 Å². The third-order valence-electron chi connectivity index (χ3n) is 2.86. The van der Waals surface area contributed by atoms with Crippen molar-refractivity contribution >= 4 is 17.7 Å². The number of aromatic nitrogens is 3. The standard InChI is InChI=1S/C13H19N5O2S/c1-2-3-6-11-16-17-13(18(11)14)21-9-12(19)15-8-10-5-4-7-20-10/h4-5,7H,2-3,6,8-9,14H2,1H3,(H,15,19). The summed E-state index contributed by atoms with van der Waals surface area (Å²) in [5.74, 6) is 7.51. The van der Waals surface area contributed by atoms with Crippen molar-refractivity contribution in [1.29, 1.82) is 0 Å². The van der Waals surface area contributed by atoms with Gasteiger partial charge in [-0.05, 0) is 18.6 Å². The second-order valence-electron chi connectivity index (χ2n) is 4.52. The van der Waals surface area contributed by atoms with Crippen LogP contribution >= 0.6 is 11.8 Å². The molecule has 21 heavy (non-hydrogen) atoms. The van der Waals surface area contributed by atoms with E-state index in [-0.39, 0.29) is 11.7 Å². The van der Waals surface area contributed by atoms with Crippen molar-refractivity contribution in [3.63, 3.8) is 0 Å². The second-order valence-corrected chi connectivity index (χ2v) is 5.46. The number of thioether (sulfide) groups is 1. The van der Waals surface area contributed by atoms with Gasteiger partial charge < -0.3 is 15.6 Å². The van der Waals surface area contributed by atoms with Crippen LogP contribution in [0, 0.1) is 0 Å². The first kappa shape index (κ1) is 15.4. The number of hydrogen-bond donors (Lipinski definition) is 2. The number of hydrogen-bond acceptors (Lipinski definition) is 6. The van der Waals surface area contributed by atoms with E-state index in [2.05, 4.69) is 22.4 Å². The smallest absolute Gasteiger partial charge is 0.230 e. The Balaban J connectivity index is 1.77. The van der Waals surface area contributed by atoms with Crippen LogP contribution < -0.4 is 11.2 Å². The van der Waals surface area contributed by atoms with Gasteiger partial charge >= 0.3 is 0 Å². The summed E-state index contributed by atoms with van der Waals surface area (Å²) >= 11 is 1.27. The molecule has 0 saturated carbocycles. The number of nitrogens with two attached hydrogens (primary N) is 1. The number of carbonyl (C=O) groups excluding carboxylic acids is 1. The van der Waals surface area contributed by atoms with Crippen molar-refractivity contribution in [3.8, 4) is 0 Å². The highest BCUT2D eigenvalue weighted by Gasteiger charge is 2.12. The molecule has 8 heteroatoms. The summed E-state index contributed by atoms with van der Waals surface area (Å²) in [7, 11) is 0. The number of carbonyl (C=O) groups is 1. The monoisotopic (exact) mass is 309 g/mol. The number of nitrogens with one attached hydrogen (secondary N) is 1. The summed E-state index contributed by atoms with van der Waals surface area (Å²) in [5, 5.41) is 11.4. The molecule has 2 aromatic rings. The largest absolute Gasteiger partial charge is 0.467 e. The Kier molecular flexibility index (Phi) is 5.68. The molecule has 0 aromatic carbocycles. The van der Waals surface area contributed by atoms with Gasteiger partial charge in [0.1, 0.15) is 5.76 Å². The SMILES string of the molecule is CCCCc1nnc(SCC(=O)NCc2ccco2)n1N. The summed E-state index contributed by atoms with van der Waals surface area (Å²) in [4.78, 5) is 11.7. The first-order valence-corrected chi connectivity index (χ1v) is 7.80. The van der Waals surface area contributed by atoms with E-state index < -0.39 is 0 Å². The van der Waals surface area contributed by atoms with Gasteiger partial charge in [-0.2, -0.15) is 0 Å². The van der Waals surface area contributed by atoms with Crippen LogP contribution in [0.5, 0.6) is 0 Å². The Morgan fingerprint density at radius 2 is 2.38 bits per heavy atom. The fraction of sp³-hybridized carbons (Fsp3) is 0.462. The zero-order valence-electron chi connectivity index (χ0n) is 11.9. The summed E-state index contributed by atoms with van der Waals surface area (Å²) in [6.45, 7) is 2.49. The van der Waals surface area contributed by atoms with Gasteiger partial charge in [-0.25, -0.2) is 4.68 Å². The van der Waals surface area contributed by atoms with Crippen molar-refractivity contribution in [2.75, 3.05) is 11.6 Å². The average Bonchev–Trinajstić information content (AvgIpc) is 3.11. The Morgan fingerprint density at radius 3 is 3.10 bits per heavy atom. The second kappa shape index (κ2) is 7.72. The van der Waals surface area contributed by atoms with Gasteiger partial charge in [-0.15, -0.1) is 10.2 Å². The minimum atomic E-state index is -0.102. The van der Waals surface area contributed by atoms with Crippen molar-refractivity contribution < 1.29 is 9.21 Å². The molecule has 1 amide bonds. The predicted molar refractivity (Wildman–Crippen MR) is 80.1 cm³/mol. The van der Waals surface area contributed by atoms with Gasteiger partial charge in [0.25, 0.3) is 0 Å². The van der Waals surface area contributed by atoms with Gasteiger partial charge in [-0.3, -0.25) is 4.79 Å². The number of furan rings is 1. The molecule has 0 aliphatic heterocycles. The first-order chi connectivity index (χ1) is 10.2. The molecule has 0 bridgehead atoms. The van der Waals surface area contributed by atoms with Crippen LogP contribution in [0.2, 0.25) is 0 Å². The number of aryl methyl sites for hydroxylation is 1. The highest BCUT2D eigenvalue weighted by molar-refractivity contribution is 7.99. The molecule has 2 heterocycles. The minimum absolute atomic E-state index is 0.102. The van der Waals surface area contributed by atoms with Gasteiger partial charge in [0.2, 0.25) is 11.1 Å². The van der Waals surface area contributed by atoms with E-state index >= 15 is 0 Å². The molecule has 0 atom stereocenters. The number of amides is 1. The fourth-order valence-corrected chi connectivity index (χ4v) is 2.40. The van der Waals surface area contributed by atoms with Crippen molar-refractivity contribution in [2.24, 2.45) is 0 Å². The van der Waals surface area contributed by atoms with Crippen LogP contribution in [-0.2, 0) is 17.8 Å². The fourth-order valence-electron chi connectivity index (χ4n) is 1.69. The molecule has 3 N–H and O–H groups in total. The normalized spacial score (nSPS) is 10.7. The van der Waals surface area contributed by atoms with Crippen LogP contribution in [0.4, 0.5) is 0 Å². The number of nitrogens with zero attached hydrogens (tertiary/aromatic N) is 3. The topological polar surface area (TPSA) is 99.0 Å². The highest BCUT2D eigenvalue weighted by atomic mass is 32.2. The highest BCUT2D eigenvalue weighted by Crippen LogP contribution is 2.15. The lowest BCUT2D eigenvalue weighted by molar-refractivity contribution is -0.118. The molecule has 0 aliphatic carbocycles. The Labute approximate surface area is 127 Å². The molecular weight excluding hydrogens is 290 g/mol. The maximum Gasteiger partial charge on any atom is 0.230 e. The molecule has 0 spiro atoms. The minimum Gasteiger partial charge on any atom is -0.467 e. The van der Waals surface area contributed by atoms with E-state index in [4.69, 9.17) is 10.3 Å². The van der Waals surface area contributed by atoms with Gasteiger partial charge in [0, 0.05) is 6.42 Å². The lowest BCUT2D eigenvalue weighted by Gasteiger charge is -2.04. The van der Waals surface area contributed by atoms with Crippen LogP contribution in [0.15, 0.2) is 28.0 Å². The molecule has 114 valence electrons. The summed E-state index contributed by atoms with van der Waals surface area (Å²) in [5.41, 5.74) is 0. The Morgan fingerprint density at radius 1 is 1.52 bits per heavy atom. The lowest BCUT2D eigenvalue weighted by Crippen LogP contribution is -2.24. The molecular formula is C13H19N5O2S. The first-order valence-electron chi connectivity index (χ1n) is 6.82. The maximum atomic E-state index is 11.7. The van der Waals surface area contributed by atoms with Gasteiger partial charge in [0.05, 0.1) is 18.6 Å². The maximum absolute atomic E-state index is 11.7. The molecule has 0 unspecified atom stereocenters. The number of nitrogen functional groups attached to an aromatic ring is 1. The van der Waals surface area contributed by atoms with E-state index in [1.807, 2.05) is 6.07 Å². The molecule has 7 nitrogen and oxygen atoms in total. The van der Waals surface area contributed by atoms with E-state index in [1.165, 1.54) is 16.4 Å². The Bertz CT molecular complexity index is 567. The zero-order valence-corrected chi connectivity index (χ0v) is 12.7. The van der Waals surface area contributed by atoms with Crippen LogP contribution in [-0.4, -0.2) is 26.5 Å². The summed E-state index contributed by atoms with van der Waals surface area (Å²) < 4.78 is 6.60. The van der Waals surface area contributed by atoms with Gasteiger partial charge in [0.15, 0.2) is 5.82 Å². The summed E-state index contributed by atoms with van der Waals surface area (Å²) in [6.07, 6.45) is 4.46. The Hall–Kier alpha value is -1.96. The van der Waals surface area contributed by atoms with E-state index in [9.17, 15) is 4.79 Å². The molecule has 0 fully saturated rings. The van der Waals surface area contributed by atoms with E-state index in [0.29, 0.717) is 11.7 Å². The van der Waals surface area contributed by atoms with Crippen molar-refractivity contribution in [3.05, 3.63) is 30.0 Å². The van der Waals surface area contributed by atoms with E-state index in [0.717, 1.165) is 30.8 Å². The lowest BCUT2D eigenvalue weighted by atomic mass is 10.2. The molecule has 2 aromatic heterocycles. The molecule has 0 saturated heterocycles. The van der Waals surface area contributed by atoms with Crippen molar-refractivity contribution in [1.82, 2.24) is 20.2 Å². The van der Waals surface area contributed by atoms with Gasteiger partial charge in [-0.1, -0.05) is 25.1 Å². The van der Waals surface area contributed by atoms with Crippen LogP contribution in [0.25, 0.3) is 0 Å². The predicted octanol–water partition coefficient (Wildman–Crippen LogP) is 1.34. The van der Waals surface area contributed by atoms with Crippen LogP contribution in [0.1, 0.15) is 31.4 Å². The summed E-state index contributed by atoms with van der Waals surface area (Å²) in [6, 6.07) is 3.59. The van der Waals surface area contributed by atoms with E-state index in [1.54, 1.807) is 12.3 Å². The number of unbranched alkanes of at least 4 members (excludes halogenated alkanes) is 1. The molecule has 2 rings (SSSR count). The third kappa shape index (κ3) is 4.52. The quantitative estimate of drug-likeness (QED) is 0.564. The number of rotatable bonds is 8. The average molecular weight is 309 g/mol. The molecule has 0 radical (unpaired) electrons. The van der Waals surface area contributed by atoms with Crippen molar-refractivity contribution in [2.45, 2.75) is 37.9 Å². The third-order valence-corrected chi connectivity index (χ3v) is 3.80.